The molecular formula is C30H35Cl2N3O5S. The quantitative estimate of drug-likeness (QED) is 0.214. The third-order valence-corrected chi connectivity index (χ3v) is 8.08. The van der Waals surface area contributed by atoms with Crippen LogP contribution in [-0.4, -0.2) is 50.5 Å². The molecule has 0 fully saturated rings. The Kier molecular flexibility index (Phi) is 11.9. The van der Waals surface area contributed by atoms with Crippen molar-refractivity contribution in [2.45, 2.75) is 45.7 Å². The molecule has 8 nitrogen and oxygen atoms in total. The number of hydrogen-bond acceptors (Lipinski definition) is 5. The van der Waals surface area contributed by atoms with Crippen LogP contribution in [0.25, 0.3) is 0 Å². The van der Waals surface area contributed by atoms with Crippen molar-refractivity contribution < 1.29 is 22.7 Å². The summed E-state index contributed by atoms with van der Waals surface area (Å²) in [6, 6.07) is 19.6. The summed E-state index contributed by atoms with van der Waals surface area (Å²) in [5.74, 6) is 0.277. The van der Waals surface area contributed by atoms with Gasteiger partial charge in [0.1, 0.15) is 24.1 Å². The highest BCUT2D eigenvalue weighted by molar-refractivity contribution is 7.92. The van der Waals surface area contributed by atoms with Crippen molar-refractivity contribution in [3.63, 3.8) is 0 Å². The maximum Gasteiger partial charge on any atom is 0.244 e. The highest BCUT2D eigenvalue weighted by atomic mass is 35.5. The van der Waals surface area contributed by atoms with Gasteiger partial charge in [-0.15, -0.1) is 0 Å². The van der Waals surface area contributed by atoms with Crippen molar-refractivity contribution in [2.75, 3.05) is 23.7 Å². The van der Waals surface area contributed by atoms with Crippen LogP contribution < -0.4 is 14.4 Å². The number of carbonyl (C=O) groups excluding carboxylic acids is 2. The van der Waals surface area contributed by atoms with Gasteiger partial charge in [0, 0.05) is 23.1 Å². The molecule has 3 aromatic carbocycles. The Labute approximate surface area is 252 Å². The zero-order chi connectivity index (χ0) is 30.0. The van der Waals surface area contributed by atoms with Gasteiger partial charge in [0.2, 0.25) is 21.8 Å². The molecule has 1 unspecified atom stereocenters. The molecule has 0 saturated carbocycles. The van der Waals surface area contributed by atoms with Gasteiger partial charge >= 0.3 is 0 Å². The second-order valence-electron chi connectivity index (χ2n) is 9.50. The molecule has 0 aliphatic carbocycles. The number of amides is 2. The molecule has 0 aromatic heterocycles. The second-order valence-corrected chi connectivity index (χ2v) is 12.3. The van der Waals surface area contributed by atoms with E-state index in [1.54, 1.807) is 61.5 Å². The SMILES string of the molecule is CCCCNC(=O)C(CC)N(Cc1ccc(Cl)cc1Cl)C(=O)CN(c1ccc(Oc2ccccc2)cc1)S(C)(=O)=O. The fourth-order valence-corrected chi connectivity index (χ4v) is 5.50. The summed E-state index contributed by atoms with van der Waals surface area (Å²) in [5.41, 5.74) is 0.865. The molecule has 0 bridgehead atoms. The van der Waals surface area contributed by atoms with Crippen LogP contribution in [0.2, 0.25) is 10.0 Å². The van der Waals surface area contributed by atoms with Crippen LogP contribution in [0.3, 0.4) is 0 Å². The van der Waals surface area contributed by atoms with Gasteiger partial charge in [-0.25, -0.2) is 8.42 Å². The van der Waals surface area contributed by atoms with Gasteiger partial charge in [0.15, 0.2) is 0 Å². The Hall–Kier alpha value is -3.27. The second kappa shape index (κ2) is 15.1. The summed E-state index contributed by atoms with van der Waals surface area (Å²) in [6.45, 7) is 3.77. The number of nitrogens with one attached hydrogen (secondary N) is 1. The van der Waals surface area contributed by atoms with Gasteiger partial charge in [-0.1, -0.05) is 67.7 Å². The standard InChI is InChI=1S/C30H35Cl2N3O5S/c1-4-6-18-33-30(37)28(5-2)34(20-22-12-13-23(31)19-27(22)32)29(36)21-35(41(3,38)39)24-14-16-26(17-15-24)40-25-10-8-7-9-11-25/h7-17,19,28H,4-6,18,20-21H2,1-3H3,(H,33,37). The molecule has 0 heterocycles. The largest absolute Gasteiger partial charge is 0.457 e. The smallest absolute Gasteiger partial charge is 0.244 e. The lowest BCUT2D eigenvalue weighted by Gasteiger charge is -2.33. The number of rotatable bonds is 14. The van der Waals surface area contributed by atoms with Crippen LogP contribution in [0.15, 0.2) is 72.8 Å². The number of sulfonamides is 1. The number of carbonyl (C=O) groups is 2. The van der Waals surface area contributed by atoms with Crippen LogP contribution in [0, 0.1) is 0 Å². The van der Waals surface area contributed by atoms with Gasteiger partial charge in [0.25, 0.3) is 0 Å². The molecule has 0 spiro atoms. The molecule has 2 amide bonds. The van der Waals surface area contributed by atoms with Crippen molar-refractivity contribution in [1.29, 1.82) is 0 Å². The Morgan fingerprint density at radius 1 is 0.951 bits per heavy atom. The lowest BCUT2D eigenvalue weighted by Crippen LogP contribution is -2.52. The number of ether oxygens (including phenoxy) is 1. The van der Waals surface area contributed by atoms with E-state index < -0.39 is 28.5 Å². The topological polar surface area (TPSA) is 96.0 Å². The van der Waals surface area contributed by atoms with E-state index in [2.05, 4.69) is 5.32 Å². The highest BCUT2D eigenvalue weighted by Crippen LogP contribution is 2.27. The van der Waals surface area contributed by atoms with Crippen molar-refractivity contribution in [3.8, 4) is 11.5 Å². The number of benzene rings is 3. The zero-order valence-electron chi connectivity index (χ0n) is 23.3. The first-order valence-corrected chi connectivity index (χ1v) is 16.0. The first-order valence-electron chi connectivity index (χ1n) is 13.3. The molecule has 1 N–H and O–H groups in total. The van der Waals surface area contributed by atoms with Crippen LogP contribution in [0.4, 0.5) is 5.69 Å². The Morgan fingerprint density at radius 2 is 1.61 bits per heavy atom. The Bertz CT molecular complexity index is 1420. The van der Waals surface area contributed by atoms with Crippen molar-refractivity contribution >= 4 is 50.7 Å². The molecule has 1 atom stereocenters. The molecular weight excluding hydrogens is 585 g/mol. The van der Waals surface area contributed by atoms with Crippen LogP contribution in [0.5, 0.6) is 11.5 Å². The number of nitrogens with zero attached hydrogens (tertiary/aromatic N) is 2. The van der Waals surface area contributed by atoms with E-state index in [0.29, 0.717) is 40.1 Å². The van der Waals surface area contributed by atoms with E-state index in [9.17, 15) is 18.0 Å². The molecule has 0 aliphatic heterocycles. The summed E-state index contributed by atoms with van der Waals surface area (Å²) < 4.78 is 32.6. The summed E-state index contributed by atoms with van der Waals surface area (Å²) in [7, 11) is -3.87. The molecule has 0 saturated heterocycles. The number of hydrogen-bond donors (Lipinski definition) is 1. The maximum absolute atomic E-state index is 13.8. The fourth-order valence-electron chi connectivity index (χ4n) is 4.18. The van der Waals surface area contributed by atoms with Crippen LogP contribution in [0.1, 0.15) is 38.7 Å². The van der Waals surface area contributed by atoms with E-state index in [0.717, 1.165) is 23.4 Å². The van der Waals surface area contributed by atoms with Gasteiger partial charge in [0.05, 0.1) is 11.9 Å². The lowest BCUT2D eigenvalue weighted by molar-refractivity contribution is -0.140. The first-order chi connectivity index (χ1) is 19.5. The third-order valence-electron chi connectivity index (χ3n) is 6.35. The summed E-state index contributed by atoms with van der Waals surface area (Å²) in [5, 5.41) is 3.66. The fraction of sp³-hybridized carbons (Fsp3) is 0.333. The van der Waals surface area contributed by atoms with Gasteiger partial charge in [-0.05, 0) is 66.9 Å². The monoisotopic (exact) mass is 619 g/mol. The van der Waals surface area contributed by atoms with Crippen molar-refractivity contribution in [3.05, 3.63) is 88.4 Å². The summed E-state index contributed by atoms with van der Waals surface area (Å²) in [6.07, 6.45) is 3.05. The van der Waals surface area contributed by atoms with Gasteiger partial charge < -0.3 is 15.0 Å². The molecule has 3 rings (SSSR count). The summed E-state index contributed by atoms with van der Waals surface area (Å²) in [4.78, 5) is 28.4. The Balaban J connectivity index is 1.90. The minimum Gasteiger partial charge on any atom is -0.457 e. The lowest BCUT2D eigenvalue weighted by atomic mass is 10.1. The third kappa shape index (κ3) is 9.38. The number of unbranched alkanes of at least 4 members (excludes halogenated alkanes) is 1. The molecule has 3 aromatic rings. The molecule has 0 radical (unpaired) electrons. The van der Waals surface area contributed by atoms with Gasteiger partial charge in [-0.2, -0.15) is 0 Å². The normalized spacial score (nSPS) is 11.9. The number of halogens is 2. The van der Waals surface area contributed by atoms with Crippen molar-refractivity contribution in [2.24, 2.45) is 0 Å². The average Bonchev–Trinajstić information content (AvgIpc) is 2.93. The van der Waals surface area contributed by atoms with E-state index in [1.165, 1.54) is 4.90 Å². The summed E-state index contributed by atoms with van der Waals surface area (Å²) >= 11 is 12.5. The zero-order valence-corrected chi connectivity index (χ0v) is 25.7. The molecule has 11 heteroatoms. The molecule has 41 heavy (non-hydrogen) atoms. The first kappa shape index (κ1) is 32.2. The Morgan fingerprint density at radius 3 is 2.20 bits per heavy atom. The van der Waals surface area contributed by atoms with E-state index in [4.69, 9.17) is 27.9 Å². The predicted octanol–water partition coefficient (Wildman–Crippen LogP) is 6.28. The predicted molar refractivity (Wildman–Crippen MR) is 164 cm³/mol. The minimum atomic E-state index is -3.87. The minimum absolute atomic E-state index is 0.00397. The number of anilines is 1. The van der Waals surface area contributed by atoms with Crippen molar-refractivity contribution in [1.82, 2.24) is 10.2 Å². The number of para-hydroxylation sites is 1. The van der Waals surface area contributed by atoms with E-state index in [-0.39, 0.29) is 18.1 Å². The highest BCUT2D eigenvalue weighted by Gasteiger charge is 2.32. The van der Waals surface area contributed by atoms with Crippen LogP contribution in [-0.2, 0) is 26.2 Å². The van der Waals surface area contributed by atoms with E-state index >= 15 is 0 Å². The van der Waals surface area contributed by atoms with Crippen LogP contribution >= 0.6 is 23.2 Å². The maximum atomic E-state index is 13.8. The van der Waals surface area contributed by atoms with E-state index in [1.807, 2.05) is 25.1 Å². The molecule has 220 valence electrons. The molecule has 0 aliphatic rings. The average molecular weight is 621 g/mol. The van der Waals surface area contributed by atoms with Gasteiger partial charge in [-0.3, -0.25) is 13.9 Å².